The van der Waals surface area contributed by atoms with Crippen molar-refractivity contribution in [1.29, 1.82) is 0 Å². The summed E-state index contributed by atoms with van der Waals surface area (Å²) in [7, 11) is 3.23. The molecule has 5 aromatic rings. The fraction of sp³-hybridized carbons (Fsp3) is 0.574. The van der Waals surface area contributed by atoms with Crippen molar-refractivity contribution in [3.05, 3.63) is 118 Å². The number of oxime groups is 1. The van der Waals surface area contributed by atoms with E-state index in [1.54, 1.807) is 19.1 Å². The van der Waals surface area contributed by atoms with Gasteiger partial charge in [-0.1, -0.05) is 146 Å². The number of amides is 1. The molecule has 1 amide bonds. The van der Waals surface area contributed by atoms with Gasteiger partial charge in [-0.25, -0.2) is 9.36 Å². The number of hydrogen-bond acceptors (Lipinski definition) is 12. The van der Waals surface area contributed by atoms with Crippen LogP contribution in [0.15, 0.2) is 78.0 Å². The molecule has 2 aromatic heterocycles. The van der Waals surface area contributed by atoms with Crippen LogP contribution in [0.1, 0.15) is 204 Å². The zero-order chi connectivity index (χ0) is 55.6. The van der Waals surface area contributed by atoms with Crippen molar-refractivity contribution in [2.24, 2.45) is 17.0 Å². The third-order valence-electron chi connectivity index (χ3n) is 14.1. The Labute approximate surface area is 453 Å². The molecule has 0 radical (unpaired) electrons. The number of methoxy groups -OCH3 is 2. The van der Waals surface area contributed by atoms with Crippen LogP contribution >= 0.6 is 0 Å². The predicted octanol–water partition coefficient (Wildman–Crippen LogP) is 12.2. The number of ether oxygens (including phenoxy) is 3. The highest BCUT2D eigenvalue weighted by molar-refractivity contribution is 5.98. The number of rotatable bonds is 18. The SMILES string of the molecule is C/C(=N\OC(C)C)c1ccc(C(C)C)cc1.CC(C)C(=O)COC1CCCCCc2c1nnn2-c1ccc(C(C)C)cc1.COC1CN(C(=O)CCC(=O)C(C)C)CCc2c(nnn2-c2ccc(C(C)C)cc2)C1OC. The molecule has 3 aromatic carbocycles. The minimum atomic E-state index is -0.457. The number of nitrogens with zero attached hydrogens (tertiary/aromatic N) is 8. The molecule has 0 bridgehead atoms. The van der Waals surface area contributed by atoms with E-state index in [0.29, 0.717) is 37.3 Å². The third-order valence-corrected chi connectivity index (χ3v) is 14.1. The summed E-state index contributed by atoms with van der Waals surface area (Å²) >= 11 is 0. The van der Waals surface area contributed by atoms with Gasteiger partial charge in [-0.05, 0) is 104 Å². The van der Waals surface area contributed by atoms with Gasteiger partial charge in [0.2, 0.25) is 5.91 Å². The molecule has 414 valence electrons. The lowest BCUT2D eigenvalue weighted by molar-refractivity contribution is -0.137. The molecule has 15 nitrogen and oxygen atoms in total. The normalized spacial score (nSPS) is 17.0. The van der Waals surface area contributed by atoms with Gasteiger partial charge in [-0.2, -0.15) is 0 Å². The summed E-state index contributed by atoms with van der Waals surface area (Å²) in [6.45, 7) is 27.6. The van der Waals surface area contributed by atoms with E-state index in [-0.39, 0.29) is 61.0 Å². The molecular weight excluding hydrogens is 957 g/mol. The maximum absolute atomic E-state index is 13.0. The van der Waals surface area contributed by atoms with E-state index in [4.69, 9.17) is 19.0 Å². The van der Waals surface area contributed by atoms with E-state index in [9.17, 15) is 14.4 Å². The molecular formula is C61H88N8O7. The first kappa shape index (κ1) is 61.0. The lowest BCUT2D eigenvalue weighted by atomic mass is 9.98. The summed E-state index contributed by atoms with van der Waals surface area (Å²) in [5.74, 6) is 1.62. The topological polar surface area (TPSA) is 165 Å². The molecule has 7 rings (SSSR count). The molecule has 3 atom stereocenters. The quantitative estimate of drug-likeness (QED) is 0.0605. The number of carbonyl (C=O) groups excluding carboxylic acids is 3. The van der Waals surface area contributed by atoms with Crippen molar-refractivity contribution in [3.63, 3.8) is 0 Å². The third kappa shape index (κ3) is 17.1. The number of ketones is 2. The van der Waals surface area contributed by atoms with Gasteiger partial charge in [0.15, 0.2) is 5.78 Å². The minimum absolute atomic E-state index is 0.00631. The fourth-order valence-electron chi connectivity index (χ4n) is 8.96. The number of fused-ring (bicyclic) bond motifs is 2. The van der Waals surface area contributed by atoms with E-state index in [1.807, 2.05) is 70.0 Å². The molecule has 76 heavy (non-hydrogen) atoms. The average molecular weight is 1050 g/mol. The van der Waals surface area contributed by atoms with Crippen LogP contribution in [-0.4, -0.2) is 104 Å². The van der Waals surface area contributed by atoms with Crippen molar-refractivity contribution in [2.75, 3.05) is 33.9 Å². The zero-order valence-corrected chi connectivity index (χ0v) is 48.3. The van der Waals surface area contributed by atoms with Gasteiger partial charge in [-0.15, -0.1) is 10.2 Å². The summed E-state index contributed by atoms with van der Waals surface area (Å²) < 4.78 is 21.3. The Kier molecular flexibility index (Phi) is 23.7. The van der Waals surface area contributed by atoms with Crippen molar-refractivity contribution in [1.82, 2.24) is 34.9 Å². The van der Waals surface area contributed by atoms with Crippen molar-refractivity contribution >= 4 is 23.2 Å². The van der Waals surface area contributed by atoms with Crippen LogP contribution in [0, 0.1) is 11.8 Å². The smallest absolute Gasteiger partial charge is 0.223 e. The maximum atomic E-state index is 13.0. The molecule has 2 aliphatic rings. The highest BCUT2D eigenvalue weighted by Gasteiger charge is 2.35. The largest absolute Gasteiger partial charge is 0.393 e. The number of benzene rings is 3. The molecule has 15 heteroatoms. The molecule has 0 saturated carbocycles. The Balaban J connectivity index is 0.000000223. The van der Waals surface area contributed by atoms with Gasteiger partial charge in [0.05, 0.1) is 28.5 Å². The number of Topliss-reactive ketones (excluding diaryl/α,β-unsaturated/α-hetero) is 2. The second-order valence-corrected chi connectivity index (χ2v) is 21.9. The first-order valence-corrected chi connectivity index (χ1v) is 27.6. The van der Waals surface area contributed by atoms with Crippen LogP contribution in [0.25, 0.3) is 11.4 Å². The number of carbonyl (C=O) groups is 3. The van der Waals surface area contributed by atoms with E-state index in [2.05, 4.69) is 128 Å². The van der Waals surface area contributed by atoms with Gasteiger partial charge in [0.1, 0.15) is 48.2 Å². The van der Waals surface area contributed by atoms with Crippen LogP contribution < -0.4 is 0 Å². The van der Waals surface area contributed by atoms with E-state index >= 15 is 0 Å². The lowest BCUT2D eigenvalue weighted by Gasteiger charge is -2.33. The Morgan fingerprint density at radius 2 is 1.13 bits per heavy atom. The first-order valence-electron chi connectivity index (χ1n) is 27.6. The summed E-state index contributed by atoms with van der Waals surface area (Å²) in [6, 6.07) is 25.3. The molecule has 1 aliphatic carbocycles. The monoisotopic (exact) mass is 1040 g/mol. The van der Waals surface area contributed by atoms with Crippen LogP contribution in [0.2, 0.25) is 0 Å². The lowest BCUT2D eigenvalue weighted by Crippen LogP contribution is -2.44. The van der Waals surface area contributed by atoms with Gasteiger partial charge >= 0.3 is 0 Å². The maximum Gasteiger partial charge on any atom is 0.223 e. The van der Waals surface area contributed by atoms with E-state index in [1.165, 1.54) is 16.7 Å². The molecule has 0 spiro atoms. The summed E-state index contributed by atoms with van der Waals surface area (Å²) in [5, 5.41) is 21.9. The van der Waals surface area contributed by atoms with Crippen molar-refractivity contribution in [2.45, 2.75) is 184 Å². The van der Waals surface area contributed by atoms with Gasteiger partial charge in [0, 0.05) is 58.4 Å². The Morgan fingerprint density at radius 3 is 1.62 bits per heavy atom. The van der Waals surface area contributed by atoms with Crippen LogP contribution in [0.3, 0.4) is 0 Å². The molecule has 1 aliphatic heterocycles. The Bertz CT molecular complexity index is 2610. The zero-order valence-electron chi connectivity index (χ0n) is 48.3. The molecule has 3 heterocycles. The summed E-state index contributed by atoms with van der Waals surface area (Å²) in [6.07, 6.45) is 5.37. The Morgan fingerprint density at radius 1 is 0.618 bits per heavy atom. The highest BCUT2D eigenvalue weighted by atomic mass is 16.6. The Hall–Kier alpha value is -5.90. The summed E-state index contributed by atoms with van der Waals surface area (Å²) in [5.41, 5.74) is 11.6. The van der Waals surface area contributed by atoms with Crippen molar-refractivity contribution in [3.8, 4) is 11.4 Å². The molecule has 0 fully saturated rings. The van der Waals surface area contributed by atoms with E-state index in [0.717, 1.165) is 77.5 Å². The van der Waals surface area contributed by atoms with E-state index < -0.39 is 12.2 Å². The van der Waals surface area contributed by atoms with Crippen molar-refractivity contribution < 1.29 is 33.4 Å². The van der Waals surface area contributed by atoms with Gasteiger partial charge < -0.3 is 23.9 Å². The number of hydrogen-bond donors (Lipinski definition) is 0. The van der Waals surface area contributed by atoms with Crippen LogP contribution in [-0.2, 0) is 46.3 Å². The molecule has 0 N–H and O–H groups in total. The highest BCUT2D eigenvalue weighted by Crippen LogP contribution is 2.32. The standard InChI is InChI=1S/C25H36N4O4.C22H31N3O2.C14H21NO/c1-16(2)18-7-9-19(10-8-18)29-20-13-14-28(23(31)12-11-21(30)17(3)4)15-22(32-5)25(33-6)24(20)26-27-29;1-15(2)17-10-12-18(13-11-17)25-19-8-6-5-7-9-21(22(19)23-24-25)27-14-20(26)16(3)4;1-10(2)13-6-8-14(9-7-13)12(5)15-16-11(3)4/h7-10,16-17,22,25H,11-15H2,1-6H3;10-13,15-16,21H,5-9,14H2,1-4H3;6-11H,1-5H3/b;;15-12+. The molecule has 0 saturated heterocycles. The number of aromatic nitrogens is 6. The molecule has 3 unspecified atom stereocenters. The fourth-order valence-corrected chi connectivity index (χ4v) is 8.96. The second-order valence-electron chi connectivity index (χ2n) is 21.9. The van der Waals surface area contributed by atoms with Crippen LogP contribution in [0.5, 0.6) is 0 Å². The summed E-state index contributed by atoms with van der Waals surface area (Å²) in [4.78, 5) is 44.0. The van der Waals surface area contributed by atoms with Gasteiger partial charge in [-0.3, -0.25) is 14.4 Å². The predicted molar refractivity (Wildman–Crippen MR) is 300 cm³/mol. The minimum Gasteiger partial charge on any atom is -0.393 e. The van der Waals surface area contributed by atoms with Gasteiger partial charge in [0.25, 0.3) is 0 Å². The first-order chi connectivity index (χ1) is 36.2. The second kappa shape index (κ2) is 29.6. The average Bonchev–Trinajstić information content (AvgIpc) is 4.01. The van der Waals surface area contributed by atoms with Crippen LogP contribution in [0.4, 0.5) is 0 Å².